The van der Waals surface area contributed by atoms with Crippen molar-refractivity contribution in [2.24, 2.45) is 0 Å². The van der Waals surface area contributed by atoms with Gasteiger partial charge in [-0.15, -0.1) is 0 Å². The SMILES string of the molecule is CCCCCNC(=O)COc1ccc(S(=O)(=O)NCCOC)cc1. The number of amides is 1. The average Bonchev–Trinajstić information content (AvgIpc) is 2.57. The number of sulfonamides is 1. The lowest BCUT2D eigenvalue weighted by atomic mass is 10.2. The lowest BCUT2D eigenvalue weighted by Gasteiger charge is -2.09. The quantitative estimate of drug-likeness (QED) is 0.549. The van der Waals surface area contributed by atoms with Crippen molar-refractivity contribution < 1.29 is 22.7 Å². The molecule has 0 fully saturated rings. The van der Waals surface area contributed by atoms with Gasteiger partial charge in [0.15, 0.2) is 6.61 Å². The summed E-state index contributed by atoms with van der Waals surface area (Å²) < 4.78 is 36.5. The maximum atomic E-state index is 12.0. The first-order valence-electron chi connectivity index (χ1n) is 7.97. The monoisotopic (exact) mass is 358 g/mol. The van der Waals surface area contributed by atoms with E-state index in [0.29, 0.717) is 18.9 Å². The number of hydrogen-bond acceptors (Lipinski definition) is 5. The van der Waals surface area contributed by atoms with E-state index < -0.39 is 10.0 Å². The average molecular weight is 358 g/mol. The van der Waals surface area contributed by atoms with Gasteiger partial charge in [0.25, 0.3) is 5.91 Å². The van der Waals surface area contributed by atoms with Crippen LogP contribution in [0.25, 0.3) is 0 Å². The van der Waals surface area contributed by atoms with Gasteiger partial charge in [0.05, 0.1) is 11.5 Å². The van der Waals surface area contributed by atoms with E-state index in [9.17, 15) is 13.2 Å². The molecule has 1 rings (SSSR count). The molecule has 8 heteroatoms. The van der Waals surface area contributed by atoms with Crippen molar-refractivity contribution in [1.29, 1.82) is 0 Å². The normalized spacial score (nSPS) is 11.2. The molecule has 0 saturated heterocycles. The van der Waals surface area contributed by atoms with Crippen LogP contribution in [0, 0.1) is 0 Å². The van der Waals surface area contributed by atoms with Crippen molar-refractivity contribution in [3.05, 3.63) is 24.3 Å². The van der Waals surface area contributed by atoms with E-state index in [1.807, 2.05) is 0 Å². The summed E-state index contributed by atoms with van der Waals surface area (Å²) in [5, 5.41) is 2.77. The number of ether oxygens (including phenoxy) is 2. The summed E-state index contributed by atoms with van der Waals surface area (Å²) in [6.45, 7) is 3.15. The van der Waals surface area contributed by atoms with Gasteiger partial charge in [-0.25, -0.2) is 13.1 Å². The fourth-order valence-electron chi connectivity index (χ4n) is 1.88. The summed E-state index contributed by atoms with van der Waals surface area (Å²) in [6.07, 6.45) is 3.13. The van der Waals surface area contributed by atoms with Crippen LogP contribution in [0.4, 0.5) is 0 Å². The largest absolute Gasteiger partial charge is 0.484 e. The summed E-state index contributed by atoms with van der Waals surface area (Å²) in [4.78, 5) is 11.7. The number of carbonyl (C=O) groups excluding carboxylic acids is 1. The van der Waals surface area contributed by atoms with E-state index in [-0.39, 0.29) is 24.0 Å². The van der Waals surface area contributed by atoms with E-state index >= 15 is 0 Å². The highest BCUT2D eigenvalue weighted by Crippen LogP contribution is 2.15. The molecular formula is C16H26N2O5S. The van der Waals surface area contributed by atoms with Crippen LogP contribution < -0.4 is 14.8 Å². The van der Waals surface area contributed by atoms with E-state index in [1.54, 1.807) is 0 Å². The molecule has 2 N–H and O–H groups in total. The Labute approximate surface area is 143 Å². The third-order valence-electron chi connectivity index (χ3n) is 3.20. The standard InChI is InChI=1S/C16H26N2O5S/c1-3-4-5-10-17-16(19)13-23-14-6-8-15(9-7-14)24(20,21)18-11-12-22-2/h6-9,18H,3-5,10-13H2,1-2H3,(H,17,19). The summed E-state index contributed by atoms with van der Waals surface area (Å²) >= 11 is 0. The summed E-state index contributed by atoms with van der Waals surface area (Å²) in [6, 6.07) is 5.91. The van der Waals surface area contributed by atoms with E-state index in [2.05, 4.69) is 17.0 Å². The minimum atomic E-state index is -3.56. The molecular weight excluding hydrogens is 332 g/mol. The highest BCUT2D eigenvalue weighted by atomic mass is 32.2. The van der Waals surface area contributed by atoms with E-state index in [0.717, 1.165) is 19.3 Å². The van der Waals surface area contributed by atoms with E-state index in [1.165, 1.54) is 31.4 Å². The molecule has 0 aliphatic heterocycles. The van der Waals surface area contributed by atoms with Crippen molar-refractivity contribution in [1.82, 2.24) is 10.0 Å². The fourth-order valence-corrected chi connectivity index (χ4v) is 2.89. The van der Waals surface area contributed by atoms with E-state index in [4.69, 9.17) is 9.47 Å². The molecule has 0 aliphatic rings. The Hall–Kier alpha value is -1.64. The Morgan fingerprint density at radius 3 is 2.46 bits per heavy atom. The number of carbonyl (C=O) groups is 1. The minimum absolute atomic E-state index is 0.0929. The minimum Gasteiger partial charge on any atom is -0.484 e. The first-order valence-corrected chi connectivity index (χ1v) is 9.46. The number of hydrogen-bond donors (Lipinski definition) is 2. The Morgan fingerprint density at radius 1 is 1.12 bits per heavy atom. The molecule has 7 nitrogen and oxygen atoms in total. The Morgan fingerprint density at radius 2 is 1.83 bits per heavy atom. The maximum absolute atomic E-state index is 12.0. The Kier molecular flexibility index (Phi) is 9.36. The second kappa shape index (κ2) is 11.0. The lowest BCUT2D eigenvalue weighted by molar-refractivity contribution is -0.123. The van der Waals surface area contributed by atoms with Crippen LogP contribution in [-0.4, -0.2) is 47.7 Å². The van der Waals surface area contributed by atoms with Crippen molar-refractivity contribution in [3.8, 4) is 5.75 Å². The Balaban J connectivity index is 2.43. The van der Waals surface area contributed by atoms with Crippen LogP contribution in [0.1, 0.15) is 26.2 Å². The third kappa shape index (κ3) is 7.76. The number of benzene rings is 1. The molecule has 0 spiro atoms. The molecule has 0 atom stereocenters. The second-order valence-corrected chi connectivity index (χ2v) is 6.97. The predicted octanol–water partition coefficient (Wildman–Crippen LogP) is 1.30. The van der Waals surface area contributed by atoms with Gasteiger partial charge in [-0.1, -0.05) is 19.8 Å². The fraction of sp³-hybridized carbons (Fsp3) is 0.562. The topological polar surface area (TPSA) is 93.7 Å². The molecule has 24 heavy (non-hydrogen) atoms. The molecule has 0 aliphatic carbocycles. The number of rotatable bonds is 12. The van der Waals surface area contributed by atoms with Gasteiger partial charge >= 0.3 is 0 Å². The van der Waals surface area contributed by atoms with Gasteiger partial charge < -0.3 is 14.8 Å². The van der Waals surface area contributed by atoms with Gasteiger partial charge in [0.2, 0.25) is 10.0 Å². The smallest absolute Gasteiger partial charge is 0.257 e. The predicted molar refractivity (Wildman–Crippen MR) is 91.5 cm³/mol. The first kappa shape index (κ1) is 20.4. The van der Waals surface area contributed by atoms with Crippen molar-refractivity contribution in [3.63, 3.8) is 0 Å². The molecule has 0 radical (unpaired) electrons. The van der Waals surface area contributed by atoms with Crippen LogP contribution in [-0.2, 0) is 19.6 Å². The zero-order valence-corrected chi connectivity index (χ0v) is 15.0. The molecule has 0 aromatic heterocycles. The lowest BCUT2D eigenvalue weighted by Crippen LogP contribution is -2.29. The highest BCUT2D eigenvalue weighted by molar-refractivity contribution is 7.89. The van der Waals surface area contributed by atoms with Gasteiger partial charge in [0, 0.05) is 20.2 Å². The van der Waals surface area contributed by atoms with Gasteiger partial charge in [0.1, 0.15) is 5.75 Å². The third-order valence-corrected chi connectivity index (χ3v) is 4.68. The Bertz CT molecular complexity index is 587. The molecule has 0 bridgehead atoms. The van der Waals surface area contributed by atoms with Crippen molar-refractivity contribution in [2.45, 2.75) is 31.1 Å². The van der Waals surface area contributed by atoms with Crippen LogP contribution in [0.5, 0.6) is 5.75 Å². The van der Waals surface area contributed by atoms with Crippen LogP contribution in [0.2, 0.25) is 0 Å². The zero-order chi connectivity index (χ0) is 17.8. The zero-order valence-electron chi connectivity index (χ0n) is 14.2. The maximum Gasteiger partial charge on any atom is 0.257 e. The second-order valence-electron chi connectivity index (χ2n) is 5.21. The molecule has 0 saturated carbocycles. The van der Waals surface area contributed by atoms with Gasteiger partial charge in [-0.2, -0.15) is 0 Å². The van der Waals surface area contributed by atoms with Crippen molar-refractivity contribution in [2.75, 3.05) is 33.4 Å². The summed E-state index contributed by atoms with van der Waals surface area (Å²) in [5.74, 6) is 0.249. The summed E-state index contributed by atoms with van der Waals surface area (Å²) in [5.41, 5.74) is 0. The number of methoxy groups -OCH3 is 1. The summed E-state index contributed by atoms with van der Waals surface area (Å²) in [7, 11) is -2.06. The molecule has 1 aromatic rings. The molecule has 1 amide bonds. The van der Waals surface area contributed by atoms with Gasteiger partial charge in [-0.3, -0.25) is 4.79 Å². The molecule has 0 heterocycles. The highest BCUT2D eigenvalue weighted by Gasteiger charge is 2.13. The van der Waals surface area contributed by atoms with Crippen LogP contribution in [0.15, 0.2) is 29.2 Å². The van der Waals surface area contributed by atoms with Gasteiger partial charge in [-0.05, 0) is 30.7 Å². The number of nitrogens with one attached hydrogen (secondary N) is 2. The van der Waals surface area contributed by atoms with Crippen LogP contribution in [0.3, 0.4) is 0 Å². The number of unbranched alkanes of at least 4 members (excludes halogenated alkanes) is 2. The molecule has 1 aromatic carbocycles. The van der Waals surface area contributed by atoms with Crippen LogP contribution >= 0.6 is 0 Å². The van der Waals surface area contributed by atoms with Crippen molar-refractivity contribution >= 4 is 15.9 Å². The first-order chi connectivity index (χ1) is 11.5. The molecule has 0 unspecified atom stereocenters. The molecule has 136 valence electrons.